The van der Waals surface area contributed by atoms with Gasteiger partial charge in [0.2, 0.25) is 5.91 Å². The molecule has 2 atom stereocenters. The van der Waals surface area contributed by atoms with Crippen molar-refractivity contribution in [1.29, 1.82) is 0 Å². The van der Waals surface area contributed by atoms with Crippen LogP contribution in [0.1, 0.15) is 25.0 Å². The first kappa shape index (κ1) is 14.0. The Kier molecular flexibility index (Phi) is 3.86. The molecule has 0 radical (unpaired) electrons. The van der Waals surface area contributed by atoms with Crippen molar-refractivity contribution in [2.45, 2.75) is 19.3 Å². The molecule has 21 heavy (non-hydrogen) atoms. The predicted molar refractivity (Wildman–Crippen MR) is 74.7 cm³/mol. The summed E-state index contributed by atoms with van der Waals surface area (Å²) in [7, 11) is 0. The quantitative estimate of drug-likeness (QED) is 0.850. The van der Waals surface area contributed by atoms with Crippen molar-refractivity contribution >= 4 is 12.0 Å². The van der Waals surface area contributed by atoms with Crippen molar-refractivity contribution in [2.24, 2.45) is 5.92 Å². The molecule has 2 fully saturated rings. The van der Waals surface area contributed by atoms with Crippen molar-refractivity contribution in [3.63, 3.8) is 0 Å². The monoisotopic (exact) mass is 292 g/mol. The first-order valence-electron chi connectivity index (χ1n) is 7.44. The first-order valence-corrected chi connectivity index (χ1v) is 7.44. The molecule has 3 rings (SSSR count). The normalized spacial score (nSPS) is 24.8. The van der Waals surface area contributed by atoms with Crippen LogP contribution in [0.3, 0.4) is 0 Å². The molecule has 6 nitrogen and oxygen atoms in total. The molecule has 0 spiro atoms. The van der Waals surface area contributed by atoms with Crippen LogP contribution in [0, 0.1) is 5.92 Å². The Bertz CT molecular complexity index is 506. The highest BCUT2D eigenvalue weighted by molar-refractivity contribution is 5.83. The fourth-order valence-electron chi connectivity index (χ4n) is 2.84. The van der Waals surface area contributed by atoms with Crippen molar-refractivity contribution in [3.05, 3.63) is 24.2 Å². The van der Waals surface area contributed by atoms with E-state index in [1.165, 1.54) is 0 Å². The lowest BCUT2D eigenvalue weighted by molar-refractivity contribution is -0.134. The third kappa shape index (κ3) is 2.89. The molecule has 114 valence electrons. The van der Waals surface area contributed by atoms with Gasteiger partial charge >= 0.3 is 6.09 Å². The number of carbonyl (C=O) groups excluding carboxylic acids is 2. The summed E-state index contributed by atoms with van der Waals surface area (Å²) in [6.45, 7) is 4.42. The van der Waals surface area contributed by atoms with Gasteiger partial charge in [0, 0.05) is 38.0 Å². The van der Waals surface area contributed by atoms with E-state index in [1.807, 2.05) is 17.0 Å². The summed E-state index contributed by atoms with van der Waals surface area (Å²) in [5, 5.41) is 0. The van der Waals surface area contributed by atoms with E-state index >= 15 is 0 Å². The molecule has 2 amide bonds. The molecule has 1 saturated heterocycles. The Morgan fingerprint density at radius 3 is 2.62 bits per heavy atom. The molecule has 0 N–H and O–H groups in total. The van der Waals surface area contributed by atoms with Gasteiger partial charge in [0.15, 0.2) is 0 Å². The molecule has 1 aromatic rings. The van der Waals surface area contributed by atoms with E-state index < -0.39 is 0 Å². The number of ether oxygens (including phenoxy) is 1. The minimum Gasteiger partial charge on any atom is -0.469 e. The van der Waals surface area contributed by atoms with E-state index in [0.717, 1.165) is 12.2 Å². The van der Waals surface area contributed by atoms with Crippen LogP contribution in [0.4, 0.5) is 4.79 Å². The van der Waals surface area contributed by atoms with Crippen LogP contribution in [-0.4, -0.2) is 54.6 Å². The van der Waals surface area contributed by atoms with Gasteiger partial charge in [-0.15, -0.1) is 0 Å². The third-order valence-corrected chi connectivity index (χ3v) is 4.13. The topological polar surface area (TPSA) is 63.0 Å². The van der Waals surface area contributed by atoms with E-state index in [2.05, 4.69) is 0 Å². The molecule has 2 aliphatic rings. The number of amides is 2. The molecule has 0 bridgehead atoms. The van der Waals surface area contributed by atoms with Gasteiger partial charge in [-0.3, -0.25) is 4.79 Å². The lowest BCUT2D eigenvalue weighted by Crippen LogP contribution is -2.51. The smallest absolute Gasteiger partial charge is 0.409 e. The van der Waals surface area contributed by atoms with Crippen LogP contribution >= 0.6 is 0 Å². The molecule has 1 saturated carbocycles. The van der Waals surface area contributed by atoms with Gasteiger partial charge in [-0.1, -0.05) is 0 Å². The summed E-state index contributed by atoms with van der Waals surface area (Å²) in [4.78, 5) is 27.5. The van der Waals surface area contributed by atoms with E-state index in [4.69, 9.17) is 9.15 Å². The number of carbonyl (C=O) groups is 2. The highest BCUT2D eigenvalue weighted by Crippen LogP contribution is 2.48. The molecule has 1 aliphatic heterocycles. The second-order valence-electron chi connectivity index (χ2n) is 5.48. The van der Waals surface area contributed by atoms with E-state index in [9.17, 15) is 9.59 Å². The van der Waals surface area contributed by atoms with Gasteiger partial charge in [0.05, 0.1) is 12.9 Å². The summed E-state index contributed by atoms with van der Waals surface area (Å²) in [6, 6.07) is 3.78. The summed E-state index contributed by atoms with van der Waals surface area (Å²) < 4.78 is 10.3. The van der Waals surface area contributed by atoms with E-state index in [1.54, 1.807) is 18.1 Å². The fourth-order valence-corrected chi connectivity index (χ4v) is 2.84. The van der Waals surface area contributed by atoms with Gasteiger partial charge in [-0.25, -0.2) is 4.79 Å². The van der Waals surface area contributed by atoms with Gasteiger partial charge in [0.25, 0.3) is 0 Å². The number of piperazine rings is 1. The van der Waals surface area contributed by atoms with Crippen LogP contribution < -0.4 is 0 Å². The highest BCUT2D eigenvalue weighted by atomic mass is 16.6. The molecule has 1 aliphatic carbocycles. The minimum absolute atomic E-state index is 0.0466. The Morgan fingerprint density at radius 2 is 2.00 bits per heavy atom. The first-order chi connectivity index (χ1) is 10.2. The van der Waals surface area contributed by atoms with Crippen molar-refractivity contribution in [3.8, 4) is 0 Å². The second kappa shape index (κ2) is 5.79. The average Bonchev–Trinajstić information content (AvgIpc) is 3.12. The van der Waals surface area contributed by atoms with Gasteiger partial charge in [0.1, 0.15) is 5.76 Å². The third-order valence-electron chi connectivity index (χ3n) is 4.13. The van der Waals surface area contributed by atoms with E-state index in [0.29, 0.717) is 32.8 Å². The molecule has 2 heterocycles. The summed E-state index contributed by atoms with van der Waals surface area (Å²) in [5.74, 6) is 1.36. The Balaban J connectivity index is 1.49. The molecule has 1 aromatic heterocycles. The summed E-state index contributed by atoms with van der Waals surface area (Å²) in [6.07, 6.45) is 2.22. The zero-order chi connectivity index (χ0) is 14.8. The second-order valence-corrected chi connectivity index (χ2v) is 5.48. The maximum atomic E-state index is 12.4. The van der Waals surface area contributed by atoms with Crippen LogP contribution in [0.5, 0.6) is 0 Å². The molecule has 0 aromatic carbocycles. The Morgan fingerprint density at radius 1 is 1.29 bits per heavy atom. The predicted octanol–water partition coefficient (Wildman–Crippen LogP) is 1.68. The van der Waals surface area contributed by atoms with Crippen LogP contribution in [-0.2, 0) is 9.53 Å². The number of nitrogens with zero attached hydrogens (tertiary/aromatic N) is 2. The maximum Gasteiger partial charge on any atom is 0.409 e. The number of hydrogen-bond donors (Lipinski definition) is 0. The molecule has 0 unspecified atom stereocenters. The van der Waals surface area contributed by atoms with Crippen molar-refractivity contribution < 1.29 is 18.7 Å². The largest absolute Gasteiger partial charge is 0.469 e. The maximum absolute atomic E-state index is 12.4. The Hall–Kier alpha value is -1.98. The zero-order valence-corrected chi connectivity index (χ0v) is 12.2. The fraction of sp³-hybridized carbons (Fsp3) is 0.600. The van der Waals surface area contributed by atoms with Crippen LogP contribution in [0.2, 0.25) is 0 Å². The molecular weight excluding hydrogens is 272 g/mol. The standard InChI is InChI=1S/C15H20N2O4/c1-2-20-15(19)17-7-5-16(6-8-17)14(18)12-10-11(12)13-4-3-9-21-13/h3-4,9,11-12H,2,5-8,10H2,1H3/t11-,12-/m0/s1. The van der Waals surface area contributed by atoms with Gasteiger partial charge < -0.3 is 19.0 Å². The van der Waals surface area contributed by atoms with Gasteiger partial charge in [-0.05, 0) is 25.5 Å². The number of furan rings is 1. The number of rotatable bonds is 3. The lowest BCUT2D eigenvalue weighted by Gasteiger charge is -2.34. The van der Waals surface area contributed by atoms with E-state index in [-0.39, 0.29) is 23.8 Å². The molecule has 6 heteroatoms. The van der Waals surface area contributed by atoms with Crippen LogP contribution in [0.25, 0.3) is 0 Å². The van der Waals surface area contributed by atoms with Crippen molar-refractivity contribution in [1.82, 2.24) is 9.80 Å². The summed E-state index contributed by atoms with van der Waals surface area (Å²) in [5.41, 5.74) is 0. The summed E-state index contributed by atoms with van der Waals surface area (Å²) >= 11 is 0. The van der Waals surface area contributed by atoms with Crippen molar-refractivity contribution in [2.75, 3.05) is 32.8 Å². The average molecular weight is 292 g/mol. The molecular formula is C15H20N2O4. The zero-order valence-electron chi connectivity index (χ0n) is 12.2. The Labute approximate surface area is 123 Å². The highest BCUT2D eigenvalue weighted by Gasteiger charge is 2.47. The van der Waals surface area contributed by atoms with Crippen LogP contribution in [0.15, 0.2) is 22.8 Å². The van der Waals surface area contributed by atoms with Gasteiger partial charge in [-0.2, -0.15) is 0 Å². The lowest BCUT2D eigenvalue weighted by atomic mass is 10.2. The number of hydrogen-bond acceptors (Lipinski definition) is 4. The minimum atomic E-state index is -0.288. The SMILES string of the molecule is CCOC(=O)N1CCN(C(=O)[C@H]2C[C@@H]2c2ccco2)CC1.